The molecule has 0 saturated carbocycles. The number of hydrogen-bond donors (Lipinski definition) is 1. The van der Waals surface area contributed by atoms with Crippen molar-refractivity contribution in [3.8, 4) is 0 Å². The Hall–Kier alpha value is -1.89. The lowest BCUT2D eigenvalue weighted by atomic mass is 9.99. The van der Waals surface area contributed by atoms with Crippen LogP contribution < -0.4 is 5.32 Å². The molecule has 7 heteroatoms. The molecule has 1 atom stereocenters. The van der Waals surface area contributed by atoms with Crippen LogP contribution in [0, 0.1) is 0 Å². The Kier molecular flexibility index (Phi) is 4.85. The number of carbonyl (C=O) groups is 3. The maximum absolute atomic E-state index is 12.1. The minimum Gasteiger partial charge on any atom is -0.459 e. The lowest BCUT2D eigenvalue weighted by molar-refractivity contribution is -0.148. The predicted octanol–water partition coefficient (Wildman–Crippen LogP) is 2.21. The summed E-state index contributed by atoms with van der Waals surface area (Å²) in [6.45, 7) is 3.16. The van der Waals surface area contributed by atoms with Crippen molar-refractivity contribution >= 4 is 33.8 Å². The molecule has 1 aliphatic heterocycles. The van der Waals surface area contributed by atoms with Gasteiger partial charge >= 0.3 is 12.0 Å². The zero-order chi connectivity index (χ0) is 16.3. The summed E-state index contributed by atoms with van der Waals surface area (Å²) in [5.74, 6) is -1.02. The van der Waals surface area contributed by atoms with Gasteiger partial charge in [-0.15, -0.1) is 0 Å². The van der Waals surface area contributed by atoms with E-state index in [1.54, 1.807) is 13.8 Å². The minimum absolute atomic E-state index is 0.0980. The first-order chi connectivity index (χ1) is 10.4. The Balaban J connectivity index is 1.91. The number of nitrogens with one attached hydrogen (secondary N) is 1. The molecule has 6 nitrogen and oxygen atoms in total. The van der Waals surface area contributed by atoms with Gasteiger partial charge in [-0.25, -0.2) is 4.79 Å². The Labute approximate surface area is 136 Å². The summed E-state index contributed by atoms with van der Waals surface area (Å²) in [5.41, 5.74) is -0.115. The van der Waals surface area contributed by atoms with E-state index in [-0.39, 0.29) is 13.2 Å². The smallest absolute Gasteiger partial charge is 0.326 e. The van der Waals surface area contributed by atoms with E-state index >= 15 is 0 Å². The van der Waals surface area contributed by atoms with Gasteiger partial charge in [0.1, 0.15) is 18.7 Å². The van der Waals surface area contributed by atoms with Gasteiger partial charge < -0.3 is 10.1 Å². The molecule has 1 aromatic carbocycles. The maximum atomic E-state index is 12.1. The molecule has 0 aromatic heterocycles. The number of esters is 1. The molecule has 0 aliphatic carbocycles. The number of benzene rings is 1. The molecule has 0 spiro atoms. The van der Waals surface area contributed by atoms with Crippen molar-refractivity contribution in [1.82, 2.24) is 10.2 Å². The zero-order valence-corrected chi connectivity index (χ0v) is 14.0. The second-order valence-corrected chi connectivity index (χ2v) is 6.21. The minimum atomic E-state index is -0.941. The van der Waals surface area contributed by atoms with Crippen LogP contribution in [0.5, 0.6) is 0 Å². The fraction of sp³-hybridized carbons (Fsp3) is 0.400. The van der Waals surface area contributed by atoms with Crippen molar-refractivity contribution in [1.29, 1.82) is 0 Å². The van der Waals surface area contributed by atoms with Crippen LogP contribution in [-0.4, -0.2) is 34.9 Å². The second-order valence-electron chi connectivity index (χ2n) is 5.29. The van der Waals surface area contributed by atoms with E-state index < -0.39 is 23.4 Å². The number of rotatable bonds is 5. The summed E-state index contributed by atoms with van der Waals surface area (Å²) in [4.78, 5) is 36.7. The standard InChI is InChI=1S/C15H17BrN2O4/c1-3-15(2)13(20)18(14(21)17-15)8-12(19)22-9-10-4-6-11(16)7-5-10/h4-7H,3,8-9H2,1-2H3,(H,17,21)/t15-/m1/s1. The van der Waals surface area contributed by atoms with Crippen molar-refractivity contribution in [2.75, 3.05) is 6.54 Å². The number of ether oxygens (including phenoxy) is 1. The average molecular weight is 369 g/mol. The molecule has 1 N–H and O–H groups in total. The molecule has 3 amide bonds. The Morgan fingerprint density at radius 1 is 1.32 bits per heavy atom. The maximum Gasteiger partial charge on any atom is 0.326 e. The van der Waals surface area contributed by atoms with Crippen molar-refractivity contribution in [3.05, 3.63) is 34.3 Å². The number of urea groups is 1. The van der Waals surface area contributed by atoms with Gasteiger partial charge in [-0.3, -0.25) is 14.5 Å². The van der Waals surface area contributed by atoms with Crippen LogP contribution in [0.2, 0.25) is 0 Å². The Bertz CT molecular complexity index is 602. The highest BCUT2D eigenvalue weighted by Gasteiger charge is 2.47. The lowest BCUT2D eigenvalue weighted by Gasteiger charge is -2.18. The van der Waals surface area contributed by atoms with Crippen molar-refractivity contribution in [2.24, 2.45) is 0 Å². The van der Waals surface area contributed by atoms with E-state index in [2.05, 4.69) is 21.2 Å². The predicted molar refractivity (Wildman–Crippen MR) is 82.9 cm³/mol. The van der Waals surface area contributed by atoms with Crippen LogP contribution in [0.3, 0.4) is 0 Å². The SMILES string of the molecule is CC[C@@]1(C)NC(=O)N(CC(=O)OCc2ccc(Br)cc2)C1=O. The summed E-state index contributed by atoms with van der Waals surface area (Å²) in [6, 6.07) is 6.76. The van der Waals surface area contributed by atoms with E-state index in [4.69, 9.17) is 4.74 Å². The van der Waals surface area contributed by atoms with E-state index in [9.17, 15) is 14.4 Å². The largest absolute Gasteiger partial charge is 0.459 e. The van der Waals surface area contributed by atoms with Gasteiger partial charge in [-0.1, -0.05) is 35.0 Å². The molecule has 118 valence electrons. The highest BCUT2D eigenvalue weighted by molar-refractivity contribution is 9.10. The van der Waals surface area contributed by atoms with Gasteiger partial charge in [0.05, 0.1) is 0 Å². The van der Waals surface area contributed by atoms with Crippen LogP contribution in [0.1, 0.15) is 25.8 Å². The molecule has 22 heavy (non-hydrogen) atoms. The molecule has 0 bridgehead atoms. The molecule has 1 aliphatic rings. The molecular formula is C15H17BrN2O4. The molecule has 1 fully saturated rings. The van der Waals surface area contributed by atoms with Crippen LogP contribution in [0.4, 0.5) is 4.79 Å². The highest BCUT2D eigenvalue weighted by atomic mass is 79.9. The first-order valence-electron chi connectivity index (χ1n) is 6.90. The van der Waals surface area contributed by atoms with Crippen LogP contribution in [0.25, 0.3) is 0 Å². The third-order valence-corrected chi connectivity index (χ3v) is 4.18. The van der Waals surface area contributed by atoms with E-state index in [1.165, 1.54) is 0 Å². The van der Waals surface area contributed by atoms with Crippen LogP contribution >= 0.6 is 15.9 Å². The number of hydrogen-bond acceptors (Lipinski definition) is 4. The summed E-state index contributed by atoms with van der Waals surface area (Å²) >= 11 is 3.32. The van der Waals surface area contributed by atoms with Crippen LogP contribution in [0.15, 0.2) is 28.7 Å². The average Bonchev–Trinajstić information content (AvgIpc) is 2.71. The van der Waals surface area contributed by atoms with E-state index in [0.29, 0.717) is 6.42 Å². The molecule has 1 saturated heterocycles. The molecule has 0 radical (unpaired) electrons. The fourth-order valence-corrected chi connectivity index (χ4v) is 2.31. The quantitative estimate of drug-likeness (QED) is 0.638. The highest BCUT2D eigenvalue weighted by Crippen LogP contribution is 2.20. The summed E-state index contributed by atoms with van der Waals surface area (Å²) in [7, 11) is 0. The first kappa shape index (κ1) is 16.5. The number of carbonyl (C=O) groups excluding carboxylic acids is 3. The number of nitrogens with zero attached hydrogens (tertiary/aromatic N) is 1. The van der Waals surface area contributed by atoms with Gasteiger partial charge in [0.2, 0.25) is 0 Å². The van der Waals surface area contributed by atoms with Crippen molar-refractivity contribution in [2.45, 2.75) is 32.4 Å². The number of amides is 3. The van der Waals surface area contributed by atoms with Gasteiger partial charge in [0.15, 0.2) is 0 Å². The molecule has 1 heterocycles. The second kappa shape index (κ2) is 6.48. The van der Waals surface area contributed by atoms with E-state index in [0.717, 1.165) is 14.9 Å². The zero-order valence-electron chi connectivity index (χ0n) is 12.4. The van der Waals surface area contributed by atoms with E-state index in [1.807, 2.05) is 24.3 Å². The van der Waals surface area contributed by atoms with Gasteiger partial charge in [-0.05, 0) is 31.0 Å². The normalized spacial score (nSPS) is 21.0. The summed E-state index contributed by atoms with van der Waals surface area (Å²) in [6.07, 6.45) is 0.460. The van der Waals surface area contributed by atoms with Gasteiger partial charge in [0, 0.05) is 4.47 Å². The Morgan fingerprint density at radius 2 is 1.95 bits per heavy atom. The summed E-state index contributed by atoms with van der Waals surface area (Å²) in [5, 5.41) is 2.59. The lowest BCUT2D eigenvalue weighted by Crippen LogP contribution is -2.43. The molecular weight excluding hydrogens is 352 g/mol. The van der Waals surface area contributed by atoms with Crippen molar-refractivity contribution in [3.63, 3.8) is 0 Å². The summed E-state index contributed by atoms with van der Waals surface area (Å²) < 4.78 is 6.03. The monoisotopic (exact) mass is 368 g/mol. The third kappa shape index (κ3) is 3.47. The first-order valence-corrected chi connectivity index (χ1v) is 7.69. The van der Waals surface area contributed by atoms with Crippen molar-refractivity contribution < 1.29 is 19.1 Å². The third-order valence-electron chi connectivity index (χ3n) is 3.65. The number of halogens is 1. The van der Waals surface area contributed by atoms with Gasteiger partial charge in [-0.2, -0.15) is 0 Å². The molecule has 1 aromatic rings. The fourth-order valence-electron chi connectivity index (χ4n) is 2.05. The topological polar surface area (TPSA) is 75.7 Å². The van der Waals surface area contributed by atoms with Crippen LogP contribution in [-0.2, 0) is 20.9 Å². The number of imide groups is 1. The molecule has 0 unspecified atom stereocenters. The molecule has 2 rings (SSSR count). The Morgan fingerprint density at radius 3 is 2.50 bits per heavy atom. The van der Waals surface area contributed by atoms with Gasteiger partial charge in [0.25, 0.3) is 5.91 Å².